The van der Waals surface area contributed by atoms with Crippen LogP contribution < -0.4 is 0 Å². The summed E-state index contributed by atoms with van der Waals surface area (Å²) in [6.07, 6.45) is -4.26. The Hall–Kier alpha value is -2.54. The third-order valence-electron chi connectivity index (χ3n) is 6.09. The Morgan fingerprint density at radius 1 is 1.14 bits per heavy atom. The zero-order valence-corrected chi connectivity index (χ0v) is 20.7. The number of benzene rings is 2. The molecule has 0 spiro atoms. The number of carbonyl (C=O) groups excluding carboxylic acids is 1. The molecule has 1 fully saturated rings. The molecule has 36 heavy (non-hydrogen) atoms. The average Bonchev–Trinajstić information content (AvgIpc) is 2.82. The summed E-state index contributed by atoms with van der Waals surface area (Å²) in [6, 6.07) is 7.46. The van der Waals surface area contributed by atoms with E-state index in [0.717, 1.165) is 16.7 Å². The van der Waals surface area contributed by atoms with Crippen molar-refractivity contribution in [1.29, 1.82) is 0 Å². The van der Waals surface area contributed by atoms with Crippen molar-refractivity contribution >= 4 is 15.9 Å². The molecule has 198 valence electrons. The molecule has 0 bridgehead atoms. The van der Waals surface area contributed by atoms with Crippen LogP contribution in [-0.4, -0.2) is 60.4 Å². The van der Waals surface area contributed by atoms with E-state index in [1.807, 2.05) is 32.0 Å². The van der Waals surface area contributed by atoms with E-state index >= 15 is 0 Å². The Labute approximate surface area is 207 Å². The minimum atomic E-state index is -5.04. The number of ether oxygens (including phenoxy) is 1. The highest BCUT2D eigenvalue weighted by Gasteiger charge is 2.37. The minimum absolute atomic E-state index is 0.0972. The SMILES string of the molecule is Cc1ccc(C)c(COC2CCN(S(=O)(=O)CCN(O)C(=O)c3ccc(F)cc3C(F)(F)F)CC2)c1. The summed E-state index contributed by atoms with van der Waals surface area (Å²) in [5, 5.41) is 9.88. The van der Waals surface area contributed by atoms with Crippen molar-refractivity contribution in [2.75, 3.05) is 25.4 Å². The van der Waals surface area contributed by atoms with Crippen LogP contribution >= 0.6 is 0 Å². The van der Waals surface area contributed by atoms with Gasteiger partial charge in [0.15, 0.2) is 0 Å². The lowest BCUT2D eigenvalue weighted by Crippen LogP contribution is -2.44. The molecule has 7 nitrogen and oxygen atoms in total. The Morgan fingerprint density at radius 2 is 1.81 bits per heavy atom. The monoisotopic (exact) mass is 532 g/mol. The first-order valence-electron chi connectivity index (χ1n) is 11.3. The molecule has 1 aliphatic rings. The minimum Gasteiger partial charge on any atom is -0.373 e. The molecule has 0 atom stereocenters. The number of sulfonamides is 1. The Balaban J connectivity index is 1.53. The van der Waals surface area contributed by atoms with Gasteiger partial charge in [-0.15, -0.1) is 0 Å². The van der Waals surface area contributed by atoms with Gasteiger partial charge in [-0.1, -0.05) is 23.8 Å². The predicted molar refractivity (Wildman–Crippen MR) is 123 cm³/mol. The molecular formula is C24H28F4N2O5S. The van der Waals surface area contributed by atoms with E-state index in [-0.39, 0.29) is 30.3 Å². The third-order valence-corrected chi connectivity index (χ3v) is 7.94. The number of hydrogen-bond donors (Lipinski definition) is 1. The van der Waals surface area contributed by atoms with E-state index in [2.05, 4.69) is 0 Å². The number of rotatable bonds is 8. The van der Waals surface area contributed by atoms with E-state index in [0.29, 0.717) is 31.6 Å². The molecule has 0 unspecified atom stereocenters. The molecule has 1 saturated heterocycles. The van der Waals surface area contributed by atoms with E-state index in [4.69, 9.17) is 4.74 Å². The fourth-order valence-electron chi connectivity index (χ4n) is 3.95. The number of aryl methyl sites for hydroxylation is 2. The lowest BCUT2D eigenvalue weighted by Gasteiger charge is -2.31. The Kier molecular flexibility index (Phi) is 8.75. The summed E-state index contributed by atoms with van der Waals surface area (Å²) in [5.41, 5.74) is 0.743. The van der Waals surface area contributed by atoms with Crippen LogP contribution in [0.5, 0.6) is 0 Å². The summed E-state index contributed by atoms with van der Waals surface area (Å²) in [4.78, 5) is 12.3. The maximum absolute atomic E-state index is 13.3. The smallest absolute Gasteiger partial charge is 0.373 e. The fraction of sp³-hybridized carbons (Fsp3) is 0.458. The number of carbonyl (C=O) groups is 1. The van der Waals surface area contributed by atoms with Crippen LogP contribution in [0.25, 0.3) is 0 Å². The van der Waals surface area contributed by atoms with Gasteiger partial charge in [-0.3, -0.25) is 10.0 Å². The van der Waals surface area contributed by atoms with E-state index in [1.54, 1.807) is 0 Å². The first-order chi connectivity index (χ1) is 16.8. The van der Waals surface area contributed by atoms with Crippen molar-refractivity contribution < 1.29 is 40.7 Å². The van der Waals surface area contributed by atoms with Gasteiger partial charge in [0.1, 0.15) is 5.82 Å². The Bertz CT molecular complexity index is 1200. The highest BCUT2D eigenvalue weighted by atomic mass is 32.2. The van der Waals surface area contributed by atoms with Gasteiger partial charge >= 0.3 is 6.18 Å². The van der Waals surface area contributed by atoms with Gasteiger partial charge < -0.3 is 4.74 Å². The number of halogens is 4. The molecule has 3 rings (SSSR count). The second-order valence-corrected chi connectivity index (χ2v) is 10.9. The van der Waals surface area contributed by atoms with E-state index in [1.165, 1.54) is 4.31 Å². The molecule has 0 aromatic heterocycles. The molecular weight excluding hydrogens is 504 g/mol. The van der Waals surface area contributed by atoms with Crippen LogP contribution in [0.1, 0.15) is 45.5 Å². The molecule has 1 N–H and O–H groups in total. The van der Waals surface area contributed by atoms with Crippen molar-refractivity contribution in [2.24, 2.45) is 0 Å². The van der Waals surface area contributed by atoms with Crippen LogP contribution in [0.3, 0.4) is 0 Å². The molecule has 0 aliphatic carbocycles. The van der Waals surface area contributed by atoms with Crippen molar-refractivity contribution in [3.05, 3.63) is 70.0 Å². The molecule has 1 amide bonds. The van der Waals surface area contributed by atoms with Crippen LogP contribution in [0.4, 0.5) is 17.6 Å². The van der Waals surface area contributed by atoms with Crippen molar-refractivity contribution in [2.45, 2.75) is 45.6 Å². The molecule has 2 aromatic carbocycles. The number of alkyl halides is 3. The first kappa shape index (κ1) is 28.0. The maximum Gasteiger partial charge on any atom is 0.417 e. The summed E-state index contributed by atoms with van der Waals surface area (Å²) in [6.45, 7) is 3.99. The normalized spacial score (nSPS) is 15.8. The van der Waals surface area contributed by atoms with Gasteiger partial charge in [0, 0.05) is 13.1 Å². The number of amides is 1. The standard InChI is InChI=1S/C24H28F4N2O5S/c1-16-3-4-17(2)18(13-16)15-35-20-7-9-29(10-8-20)36(33,34)12-11-30(32)23(31)21-6-5-19(25)14-22(21)24(26,27)28/h3-6,13-14,20,32H,7-12,15H2,1-2H3. The van der Waals surface area contributed by atoms with Crippen molar-refractivity contribution in [3.8, 4) is 0 Å². The van der Waals surface area contributed by atoms with Crippen LogP contribution in [0.2, 0.25) is 0 Å². The highest BCUT2D eigenvalue weighted by molar-refractivity contribution is 7.89. The lowest BCUT2D eigenvalue weighted by molar-refractivity contribution is -0.138. The largest absolute Gasteiger partial charge is 0.417 e. The van der Waals surface area contributed by atoms with Gasteiger partial charge in [0.05, 0.1) is 36.1 Å². The van der Waals surface area contributed by atoms with Crippen LogP contribution in [0.15, 0.2) is 36.4 Å². The number of hydroxylamine groups is 2. The maximum atomic E-state index is 13.3. The average molecular weight is 533 g/mol. The van der Waals surface area contributed by atoms with E-state index < -0.39 is 51.3 Å². The number of piperidine rings is 1. The zero-order chi connectivity index (χ0) is 26.7. The summed E-state index contributed by atoms with van der Waals surface area (Å²) >= 11 is 0. The highest BCUT2D eigenvalue weighted by Crippen LogP contribution is 2.33. The number of nitrogens with zero attached hydrogens (tertiary/aromatic N) is 2. The van der Waals surface area contributed by atoms with Crippen LogP contribution in [-0.2, 0) is 27.5 Å². The predicted octanol–water partition coefficient (Wildman–Crippen LogP) is 4.30. The van der Waals surface area contributed by atoms with Gasteiger partial charge in [-0.25, -0.2) is 22.2 Å². The first-order valence-corrected chi connectivity index (χ1v) is 12.9. The fourth-order valence-corrected chi connectivity index (χ4v) is 5.38. The second-order valence-electron chi connectivity index (χ2n) is 8.77. The molecule has 12 heteroatoms. The van der Waals surface area contributed by atoms with Gasteiger partial charge in [-0.05, 0) is 56.0 Å². The quantitative estimate of drug-likeness (QED) is 0.311. The molecule has 0 radical (unpaired) electrons. The third kappa shape index (κ3) is 7.02. The molecule has 1 heterocycles. The van der Waals surface area contributed by atoms with E-state index in [9.17, 15) is 36.0 Å². The molecule has 0 saturated carbocycles. The van der Waals surface area contributed by atoms with Crippen molar-refractivity contribution in [3.63, 3.8) is 0 Å². The molecule has 1 aliphatic heterocycles. The lowest BCUT2D eigenvalue weighted by atomic mass is 10.1. The zero-order valence-electron chi connectivity index (χ0n) is 19.9. The Morgan fingerprint density at radius 3 is 2.44 bits per heavy atom. The topological polar surface area (TPSA) is 87.2 Å². The van der Waals surface area contributed by atoms with Gasteiger partial charge in [-0.2, -0.15) is 13.2 Å². The second kappa shape index (κ2) is 11.2. The van der Waals surface area contributed by atoms with Gasteiger partial charge in [0.2, 0.25) is 10.0 Å². The summed E-state index contributed by atoms with van der Waals surface area (Å²) in [5.74, 6) is -3.37. The van der Waals surface area contributed by atoms with Crippen LogP contribution in [0, 0.1) is 19.7 Å². The molecule has 2 aromatic rings. The van der Waals surface area contributed by atoms with Crippen molar-refractivity contribution in [1.82, 2.24) is 9.37 Å². The summed E-state index contributed by atoms with van der Waals surface area (Å²) < 4.78 is 85.3. The summed E-state index contributed by atoms with van der Waals surface area (Å²) in [7, 11) is -3.90. The van der Waals surface area contributed by atoms with Gasteiger partial charge in [0.25, 0.3) is 5.91 Å². The number of hydrogen-bond acceptors (Lipinski definition) is 5.